The van der Waals surface area contributed by atoms with Crippen molar-refractivity contribution in [2.45, 2.75) is 18.8 Å². The molecule has 1 atom stereocenters. The molecular formula is C12H18N2O. The van der Waals surface area contributed by atoms with Crippen LogP contribution in [0.5, 0.6) is 0 Å². The van der Waals surface area contributed by atoms with Crippen LogP contribution in [0.1, 0.15) is 24.3 Å². The SMILES string of the molecule is OCC(c1ccncc1)C1CCNCC1. The van der Waals surface area contributed by atoms with Gasteiger partial charge in [0.25, 0.3) is 0 Å². The first kappa shape index (κ1) is 10.6. The molecule has 2 heterocycles. The minimum atomic E-state index is 0.245. The molecule has 0 aromatic carbocycles. The highest BCUT2D eigenvalue weighted by molar-refractivity contribution is 5.17. The van der Waals surface area contributed by atoms with E-state index in [0.717, 1.165) is 25.9 Å². The van der Waals surface area contributed by atoms with E-state index in [1.54, 1.807) is 12.4 Å². The smallest absolute Gasteiger partial charge is 0.0502 e. The normalized spacial score (nSPS) is 20.1. The summed E-state index contributed by atoms with van der Waals surface area (Å²) in [7, 11) is 0. The number of nitrogens with zero attached hydrogens (tertiary/aromatic N) is 1. The molecule has 1 saturated heterocycles. The number of aromatic nitrogens is 1. The fraction of sp³-hybridized carbons (Fsp3) is 0.583. The first-order chi connectivity index (χ1) is 7.42. The van der Waals surface area contributed by atoms with Gasteiger partial charge in [-0.15, -0.1) is 0 Å². The maximum Gasteiger partial charge on any atom is 0.0502 e. The molecule has 0 amide bonds. The maximum atomic E-state index is 9.49. The third kappa shape index (κ3) is 2.55. The van der Waals surface area contributed by atoms with Gasteiger partial charge in [0, 0.05) is 18.3 Å². The molecule has 15 heavy (non-hydrogen) atoms. The van der Waals surface area contributed by atoms with Crippen molar-refractivity contribution in [3.8, 4) is 0 Å². The van der Waals surface area contributed by atoms with Crippen molar-refractivity contribution in [2.75, 3.05) is 19.7 Å². The average Bonchev–Trinajstić information content (AvgIpc) is 2.33. The number of hydrogen-bond acceptors (Lipinski definition) is 3. The molecule has 82 valence electrons. The number of rotatable bonds is 3. The molecule has 0 aliphatic carbocycles. The second-order valence-electron chi connectivity index (χ2n) is 4.16. The van der Waals surface area contributed by atoms with Crippen molar-refractivity contribution in [1.82, 2.24) is 10.3 Å². The van der Waals surface area contributed by atoms with E-state index < -0.39 is 0 Å². The number of aliphatic hydroxyl groups is 1. The van der Waals surface area contributed by atoms with Gasteiger partial charge in [-0.25, -0.2) is 0 Å². The van der Waals surface area contributed by atoms with Crippen LogP contribution in [-0.2, 0) is 0 Å². The van der Waals surface area contributed by atoms with Crippen molar-refractivity contribution >= 4 is 0 Å². The molecule has 3 nitrogen and oxygen atoms in total. The van der Waals surface area contributed by atoms with Crippen LogP contribution >= 0.6 is 0 Å². The van der Waals surface area contributed by atoms with E-state index in [2.05, 4.69) is 10.3 Å². The van der Waals surface area contributed by atoms with E-state index in [4.69, 9.17) is 0 Å². The summed E-state index contributed by atoms with van der Waals surface area (Å²) >= 11 is 0. The van der Waals surface area contributed by atoms with Crippen molar-refractivity contribution < 1.29 is 5.11 Å². The highest BCUT2D eigenvalue weighted by atomic mass is 16.3. The lowest BCUT2D eigenvalue weighted by Crippen LogP contribution is -2.32. The lowest BCUT2D eigenvalue weighted by molar-refractivity contribution is 0.201. The van der Waals surface area contributed by atoms with Gasteiger partial charge in [-0.2, -0.15) is 0 Å². The molecule has 3 heteroatoms. The molecule has 0 bridgehead atoms. The first-order valence-electron chi connectivity index (χ1n) is 5.63. The van der Waals surface area contributed by atoms with Gasteiger partial charge >= 0.3 is 0 Å². The minimum Gasteiger partial charge on any atom is -0.396 e. The molecule has 1 aromatic heterocycles. The zero-order chi connectivity index (χ0) is 10.5. The second-order valence-corrected chi connectivity index (χ2v) is 4.16. The zero-order valence-electron chi connectivity index (χ0n) is 8.89. The fourth-order valence-corrected chi connectivity index (χ4v) is 2.38. The third-order valence-corrected chi connectivity index (χ3v) is 3.28. The Morgan fingerprint density at radius 1 is 1.33 bits per heavy atom. The van der Waals surface area contributed by atoms with Gasteiger partial charge in [0.2, 0.25) is 0 Å². The Bertz CT molecular complexity index is 283. The van der Waals surface area contributed by atoms with E-state index >= 15 is 0 Å². The highest BCUT2D eigenvalue weighted by Gasteiger charge is 2.23. The predicted octanol–water partition coefficient (Wildman–Crippen LogP) is 1.16. The van der Waals surface area contributed by atoms with Gasteiger partial charge in [-0.05, 0) is 49.5 Å². The Kier molecular flexibility index (Phi) is 3.69. The Hall–Kier alpha value is -0.930. The summed E-state index contributed by atoms with van der Waals surface area (Å²) < 4.78 is 0. The summed E-state index contributed by atoms with van der Waals surface area (Å²) in [5.74, 6) is 0.897. The quantitative estimate of drug-likeness (QED) is 0.780. The Morgan fingerprint density at radius 2 is 2.00 bits per heavy atom. The van der Waals surface area contributed by atoms with Crippen molar-refractivity contribution in [1.29, 1.82) is 0 Å². The van der Waals surface area contributed by atoms with Crippen LogP contribution in [0.2, 0.25) is 0 Å². The van der Waals surface area contributed by atoms with E-state index in [9.17, 15) is 5.11 Å². The molecule has 1 unspecified atom stereocenters. The van der Waals surface area contributed by atoms with Crippen LogP contribution in [0.3, 0.4) is 0 Å². The monoisotopic (exact) mass is 206 g/mol. The second kappa shape index (κ2) is 5.24. The predicted molar refractivity (Wildman–Crippen MR) is 59.7 cm³/mol. The molecule has 0 spiro atoms. The molecule has 1 aliphatic heterocycles. The molecule has 0 radical (unpaired) electrons. The molecule has 0 saturated carbocycles. The summed E-state index contributed by atoms with van der Waals surface area (Å²) in [4.78, 5) is 4.01. The van der Waals surface area contributed by atoms with Crippen molar-refractivity contribution in [3.63, 3.8) is 0 Å². The van der Waals surface area contributed by atoms with Crippen LogP contribution in [0, 0.1) is 5.92 Å². The first-order valence-corrected chi connectivity index (χ1v) is 5.63. The van der Waals surface area contributed by atoms with E-state index in [-0.39, 0.29) is 12.5 Å². The Morgan fingerprint density at radius 3 is 2.60 bits per heavy atom. The topological polar surface area (TPSA) is 45.2 Å². The van der Waals surface area contributed by atoms with Crippen molar-refractivity contribution in [3.05, 3.63) is 30.1 Å². The molecule has 2 rings (SSSR count). The van der Waals surface area contributed by atoms with E-state index in [1.807, 2.05) is 12.1 Å². The summed E-state index contributed by atoms with van der Waals surface area (Å²) in [6.45, 7) is 2.40. The van der Waals surface area contributed by atoms with E-state index in [0.29, 0.717) is 5.92 Å². The number of piperidine rings is 1. The number of hydrogen-bond donors (Lipinski definition) is 2. The summed E-state index contributed by atoms with van der Waals surface area (Å²) in [6, 6.07) is 4.03. The molecule has 1 aliphatic rings. The van der Waals surface area contributed by atoms with Crippen molar-refractivity contribution in [2.24, 2.45) is 5.92 Å². The third-order valence-electron chi connectivity index (χ3n) is 3.28. The Balaban J connectivity index is 2.09. The standard InChI is InChI=1S/C12H18N2O/c15-9-12(10-1-5-13-6-2-10)11-3-7-14-8-4-11/h1-2,5-6,11-12,14-15H,3-4,7-9H2. The fourth-order valence-electron chi connectivity index (χ4n) is 2.38. The van der Waals surface area contributed by atoms with Gasteiger partial charge < -0.3 is 10.4 Å². The number of aliphatic hydroxyl groups excluding tert-OH is 1. The van der Waals surface area contributed by atoms with Gasteiger partial charge in [0.05, 0.1) is 6.61 Å². The zero-order valence-corrected chi connectivity index (χ0v) is 8.89. The van der Waals surface area contributed by atoms with Crippen LogP contribution in [0.4, 0.5) is 0 Å². The highest BCUT2D eigenvalue weighted by Crippen LogP contribution is 2.30. The maximum absolute atomic E-state index is 9.49. The van der Waals surface area contributed by atoms with Crippen LogP contribution in [0.15, 0.2) is 24.5 Å². The van der Waals surface area contributed by atoms with Crippen LogP contribution in [-0.4, -0.2) is 29.8 Å². The average molecular weight is 206 g/mol. The number of pyridine rings is 1. The van der Waals surface area contributed by atoms with Gasteiger partial charge in [0.1, 0.15) is 0 Å². The van der Waals surface area contributed by atoms with E-state index in [1.165, 1.54) is 5.56 Å². The van der Waals surface area contributed by atoms with Crippen LogP contribution < -0.4 is 5.32 Å². The molecule has 1 aromatic rings. The van der Waals surface area contributed by atoms with Gasteiger partial charge in [0.15, 0.2) is 0 Å². The summed E-state index contributed by atoms with van der Waals surface area (Å²) in [6.07, 6.45) is 5.93. The van der Waals surface area contributed by atoms with Crippen LogP contribution in [0.25, 0.3) is 0 Å². The summed E-state index contributed by atoms with van der Waals surface area (Å²) in [5, 5.41) is 12.8. The lowest BCUT2D eigenvalue weighted by Gasteiger charge is -2.29. The Labute approximate surface area is 90.5 Å². The molecular weight excluding hydrogens is 188 g/mol. The van der Waals surface area contributed by atoms with Gasteiger partial charge in [-0.3, -0.25) is 4.98 Å². The molecule has 1 fully saturated rings. The van der Waals surface area contributed by atoms with Gasteiger partial charge in [-0.1, -0.05) is 0 Å². The minimum absolute atomic E-state index is 0.245. The number of nitrogens with one attached hydrogen (secondary N) is 1. The summed E-state index contributed by atoms with van der Waals surface area (Å²) in [5.41, 5.74) is 1.22. The lowest BCUT2D eigenvalue weighted by atomic mass is 9.81. The largest absolute Gasteiger partial charge is 0.396 e. The molecule has 2 N–H and O–H groups in total.